The molecule has 0 radical (unpaired) electrons. The third-order valence-electron chi connectivity index (χ3n) is 7.90. The molecule has 0 amide bonds. The Morgan fingerprint density at radius 3 is 2.48 bits per heavy atom. The van der Waals surface area contributed by atoms with E-state index in [0.717, 1.165) is 31.1 Å². The van der Waals surface area contributed by atoms with E-state index in [1.54, 1.807) is 12.1 Å². The second-order valence-corrected chi connectivity index (χ2v) is 9.84. The summed E-state index contributed by atoms with van der Waals surface area (Å²) >= 11 is 0. The molecule has 0 heterocycles. The van der Waals surface area contributed by atoms with Gasteiger partial charge in [-0.15, -0.1) is 0 Å². The lowest BCUT2D eigenvalue weighted by Gasteiger charge is -2.42. The van der Waals surface area contributed by atoms with Gasteiger partial charge >= 0.3 is 0 Å². The maximum Gasteiger partial charge on any atom is 0.169 e. The van der Waals surface area contributed by atoms with Crippen LogP contribution in [0.3, 0.4) is 0 Å². The summed E-state index contributed by atoms with van der Waals surface area (Å²) in [5.41, 5.74) is 0.904. The van der Waals surface area contributed by atoms with E-state index in [2.05, 4.69) is 6.92 Å². The Kier molecular flexibility index (Phi) is 7.08. The number of benzene rings is 2. The molecule has 2 aromatic carbocycles. The Hall–Kier alpha value is -1.77. The van der Waals surface area contributed by atoms with Gasteiger partial charge in [-0.3, -0.25) is 0 Å². The highest BCUT2D eigenvalue weighted by Crippen LogP contribution is 2.49. The zero-order chi connectivity index (χ0) is 22.0. The number of hydrogen-bond donors (Lipinski definition) is 0. The first-order chi connectivity index (χ1) is 15.0. The number of rotatable bonds is 6. The van der Waals surface area contributed by atoms with Gasteiger partial charge in [0.1, 0.15) is 5.82 Å². The number of hydrogen-bond acceptors (Lipinski definition) is 0. The van der Waals surface area contributed by atoms with Crippen molar-refractivity contribution in [3.63, 3.8) is 0 Å². The van der Waals surface area contributed by atoms with Gasteiger partial charge in [-0.2, -0.15) is 0 Å². The minimum atomic E-state index is -1.03. The lowest BCUT2D eigenvalue weighted by Crippen LogP contribution is -2.30. The highest BCUT2D eigenvalue weighted by atomic mass is 19.2. The van der Waals surface area contributed by atoms with Crippen molar-refractivity contribution in [2.45, 2.75) is 84.0 Å². The Balaban J connectivity index is 1.57. The fourth-order valence-electron chi connectivity index (χ4n) is 6.29. The molecule has 0 saturated heterocycles. The van der Waals surface area contributed by atoms with Gasteiger partial charge in [0.2, 0.25) is 0 Å². The summed E-state index contributed by atoms with van der Waals surface area (Å²) in [5.74, 6) is -0.0786. The van der Waals surface area contributed by atoms with E-state index in [1.165, 1.54) is 32.1 Å². The minimum absolute atomic E-state index is 0.116. The Morgan fingerprint density at radius 1 is 0.935 bits per heavy atom. The molecule has 0 N–H and O–H groups in total. The third kappa shape index (κ3) is 4.56. The Morgan fingerprint density at radius 2 is 1.71 bits per heavy atom. The molecule has 31 heavy (non-hydrogen) atoms. The van der Waals surface area contributed by atoms with E-state index in [0.29, 0.717) is 35.3 Å². The number of fused-ring (bicyclic) bond motifs is 2. The van der Waals surface area contributed by atoms with Gasteiger partial charge in [-0.1, -0.05) is 50.5 Å². The predicted octanol–water partition coefficient (Wildman–Crippen LogP) is 8.87. The van der Waals surface area contributed by atoms with Crippen molar-refractivity contribution in [2.75, 3.05) is 0 Å². The maximum absolute atomic E-state index is 15.5. The van der Waals surface area contributed by atoms with E-state index >= 15 is 4.39 Å². The summed E-state index contributed by atoms with van der Waals surface area (Å²) in [4.78, 5) is 0. The lowest BCUT2D eigenvalue weighted by molar-refractivity contribution is 0.113. The fourth-order valence-corrected chi connectivity index (χ4v) is 6.29. The van der Waals surface area contributed by atoms with Crippen LogP contribution >= 0.6 is 0 Å². The van der Waals surface area contributed by atoms with Crippen LogP contribution in [-0.2, 0) is 6.42 Å². The van der Waals surface area contributed by atoms with Crippen molar-refractivity contribution >= 4 is 10.8 Å². The molecule has 4 rings (SSSR count). The van der Waals surface area contributed by atoms with Gasteiger partial charge in [0.15, 0.2) is 11.6 Å². The SMILES string of the molecule is C/C=C/CCc1cc2ccc(C3CCC4CC(CCC)CCC4C3)c(F)c2c(F)c1F. The van der Waals surface area contributed by atoms with Crippen molar-refractivity contribution in [1.29, 1.82) is 0 Å². The van der Waals surface area contributed by atoms with Crippen LogP contribution in [0.25, 0.3) is 10.8 Å². The van der Waals surface area contributed by atoms with E-state index < -0.39 is 17.5 Å². The quantitative estimate of drug-likeness (QED) is 0.403. The second kappa shape index (κ2) is 9.79. The van der Waals surface area contributed by atoms with E-state index in [-0.39, 0.29) is 11.3 Å². The number of allylic oxidation sites excluding steroid dienone is 2. The van der Waals surface area contributed by atoms with E-state index in [9.17, 15) is 8.78 Å². The molecule has 2 aliphatic carbocycles. The molecule has 4 unspecified atom stereocenters. The standard InChI is InChI=1S/C28H35F3/c1-3-5-6-8-23-17-22-13-14-24(27(30)25(22)28(31)26(23)29)21-12-11-19-15-18(7-4-2)9-10-20(19)16-21/h3,5,13-14,17-21H,4,6-12,15-16H2,1-2H3/b5-3+. The van der Waals surface area contributed by atoms with Crippen molar-refractivity contribution in [2.24, 2.45) is 17.8 Å². The van der Waals surface area contributed by atoms with Crippen LogP contribution in [0.15, 0.2) is 30.4 Å². The normalized spacial score (nSPS) is 26.5. The van der Waals surface area contributed by atoms with Crippen LogP contribution in [0.1, 0.15) is 88.7 Å². The molecular formula is C28H35F3. The first kappa shape index (κ1) is 22.4. The summed E-state index contributed by atoms with van der Waals surface area (Å²) < 4.78 is 45.1. The van der Waals surface area contributed by atoms with E-state index in [1.807, 2.05) is 25.1 Å². The molecule has 168 valence electrons. The first-order valence-electron chi connectivity index (χ1n) is 12.2. The zero-order valence-electron chi connectivity index (χ0n) is 18.9. The van der Waals surface area contributed by atoms with Gasteiger partial charge in [-0.25, -0.2) is 13.2 Å². The molecule has 2 aliphatic rings. The summed E-state index contributed by atoms with van der Waals surface area (Å²) in [7, 11) is 0. The van der Waals surface area contributed by atoms with Crippen LogP contribution in [-0.4, -0.2) is 0 Å². The van der Waals surface area contributed by atoms with Crippen LogP contribution in [0, 0.1) is 35.2 Å². The van der Waals surface area contributed by atoms with Crippen LogP contribution < -0.4 is 0 Å². The fraction of sp³-hybridized carbons (Fsp3) is 0.571. The molecule has 3 heteroatoms. The molecule has 0 spiro atoms. The van der Waals surface area contributed by atoms with Gasteiger partial charge in [0.25, 0.3) is 0 Å². The van der Waals surface area contributed by atoms with Gasteiger partial charge in [0.05, 0.1) is 5.39 Å². The lowest BCUT2D eigenvalue weighted by atomic mass is 9.63. The predicted molar refractivity (Wildman–Crippen MR) is 123 cm³/mol. The molecule has 2 aromatic rings. The molecule has 0 aromatic heterocycles. The average molecular weight is 429 g/mol. The van der Waals surface area contributed by atoms with Crippen molar-refractivity contribution in [3.8, 4) is 0 Å². The second-order valence-electron chi connectivity index (χ2n) is 9.84. The summed E-state index contributed by atoms with van der Waals surface area (Å²) in [6.45, 7) is 4.16. The monoisotopic (exact) mass is 428 g/mol. The Bertz CT molecular complexity index is 945. The minimum Gasteiger partial charge on any atom is -0.206 e. The summed E-state index contributed by atoms with van der Waals surface area (Å²) in [5, 5.41) is 0.294. The molecule has 0 bridgehead atoms. The van der Waals surface area contributed by atoms with Gasteiger partial charge in [-0.05, 0) is 98.1 Å². The smallest absolute Gasteiger partial charge is 0.169 e. The molecular weight excluding hydrogens is 393 g/mol. The third-order valence-corrected chi connectivity index (χ3v) is 7.90. The largest absolute Gasteiger partial charge is 0.206 e. The van der Waals surface area contributed by atoms with Crippen molar-refractivity contribution in [3.05, 3.63) is 58.9 Å². The zero-order valence-corrected chi connectivity index (χ0v) is 18.9. The highest BCUT2D eigenvalue weighted by Gasteiger charge is 2.36. The maximum atomic E-state index is 15.5. The van der Waals surface area contributed by atoms with Gasteiger partial charge < -0.3 is 0 Å². The summed E-state index contributed by atoms with van der Waals surface area (Å²) in [6, 6.07) is 5.24. The van der Waals surface area contributed by atoms with Crippen molar-refractivity contribution < 1.29 is 13.2 Å². The van der Waals surface area contributed by atoms with Crippen LogP contribution in [0.2, 0.25) is 0 Å². The number of halogens is 3. The molecule has 0 aliphatic heterocycles. The Labute approximate surface area is 184 Å². The molecule has 2 fully saturated rings. The van der Waals surface area contributed by atoms with Gasteiger partial charge in [0, 0.05) is 0 Å². The topological polar surface area (TPSA) is 0 Å². The average Bonchev–Trinajstić information content (AvgIpc) is 2.77. The van der Waals surface area contributed by atoms with Crippen LogP contribution in [0.4, 0.5) is 13.2 Å². The molecule has 0 nitrogen and oxygen atoms in total. The van der Waals surface area contributed by atoms with E-state index in [4.69, 9.17) is 0 Å². The number of aryl methyl sites for hydroxylation is 1. The summed E-state index contributed by atoms with van der Waals surface area (Å²) in [6.07, 6.45) is 14.4. The molecule has 4 atom stereocenters. The van der Waals surface area contributed by atoms with Crippen molar-refractivity contribution in [1.82, 2.24) is 0 Å². The molecule has 2 saturated carbocycles. The van der Waals surface area contributed by atoms with Crippen LogP contribution in [0.5, 0.6) is 0 Å². The highest BCUT2D eigenvalue weighted by molar-refractivity contribution is 5.85. The first-order valence-corrected chi connectivity index (χ1v) is 12.2.